The number of anilines is 1. The largest absolute Gasteiger partial charge is 0.497 e. The molecule has 0 bridgehead atoms. The lowest BCUT2D eigenvalue weighted by molar-refractivity contribution is 0.125. The van der Waals surface area contributed by atoms with Gasteiger partial charge in [0.2, 0.25) is 0 Å². The van der Waals surface area contributed by atoms with Crippen LogP contribution in [0.15, 0.2) is 60.8 Å². The molecule has 32 heavy (non-hydrogen) atoms. The van der Waals surface area contributed by atoms with Crippen molar-refractivity contribution < 1.29 is 4.74 Å². The van der Waals surface area contributed by atoms with Crippen LogP contribution in [0.4, 0.5) is 5.69 Å². The number of methoxy groups -OCH3 is 1. The Labute approximate surface area is 192 Å². The fourth-order valence-corrected chi connectivity index (χ4v) is 4.47. The summed E-state index contributed by atoms with van der Waals surface area (Å²) < 4.78 is 5.44. The van der Waals surface area contributed by atoms with E-state index in [1.807, 2.05) is 24.4 Å². The van der Waals surface area contributed by atoms with Crippen LogP contribution in [0.5, 0.6) is 5.75 Å². The van der Waals surface area contributed by atoms with Crippen LogP contribution in [0.1, 0.15) is 31.2 Å². The quantitative estimate of drug-likeness (QED) is 0.430. The van der Waals surface area contributed by atoms with Crippen LogP contribution >= 0.6 is 0 Å². The number of pyridine rings is 1. The highest BCUT2D eigenvalue weighted by Gasteiger charge is 2.16. The number of aromatic nitrogens is 1. The molecule has 0 unspecified atom stereocenters. The highest BCUT2D eigenvalue weighted by atomic mass is 16.5. The van der Waals surface area contributed by atoms with Crippen molar-refractivity contribution in [3.05, 3.63) is 66.4 Å². The van der Waals surface area contributed by atoms with E-state index in [0.29, 0.717) is 0 Å². The minimum Gasteiger partial charge on any atom is -0.497 e. The van der Waals surface area contributed by atoms with E-state index < -0.39 is 0 Å². The lowest BCUT2D eigenvalue weighted by atomic mass is 10.1. The lowest BCUT2D eigenvalue weighted by Gasteiger charge is -2.34. The zero-order valence-electron chi connectivity index (χ0n) is 19.3. The first-order valence-electron chi connectivity index (χ1n) is 12.0. The summed E-state index contributed by atoms with van der Waals surface area (Å²) in [4.78, 5) is 9.75. The van der Waals surface area contributed by atoms with Gasteiger partial charge in [0.05, 0.1) is 18.3 Å². The van der Waals surface area contributed by atoms with Gasteiger partial charge in [0, 0.05) is 56.9 Å². The van der Waals surface area contributed by atoms with Crippen LogP contribution in [0.3, 0.4) is 0 Å². The van der Waals surface area contributed by atoms with Gasteiger partial charge < -0.3 is 15.0 Å². The molecule has 0 amide bonds. The molecule has 1 aliphatic rings. The standard InChI is InChI=1S/C27H36N4O/c1-32-25-20-24-12-9-14-29-27(24)26(21-25)28-13-7-2-3-8-15-30-16-18-31(19-17-30)22-23-10-5-4-6-11-23/h4-6,9-12,14,20-21,28H,2-3,7-8,13,15-19,22H2,1H3. The van der Waals surface area contributed by atoms with Gasteiger partial charge >= 0.3 is 0 Å². The van der Waals surface area contributed by atoms with Gasteiger partial charge in [-0.15, -0.1) is 0 Å². The number of ether oxygens (including phenoxy) is 1. The van der Waals surface area contributed by atoms with Crippen molar-refractivity contribution in [1.82, 2.24) is 14.8 Å². The van der Waals surface area contributed by atoms with Gasteiger partial charge in [-0.1, -0.05) is 49.2 Å². The van der Waals surface area contributed by atoms with Crippen molar-refractivity contribution in [2.24, 2.45) is 0 Å². The maximum absolute atomic E-state index is 5.44. The topological polar surface area (TPSA) is 40.6 Å². The van der Waals surface area contributed by atoms with Crippen LogP contribution in [-0.2, 0) is 6.54 Å². The van der Waals surface area contributed by atoms with E-state index >= 15 is 0 Å². The summed E-state index contributed by atoms with van der Waals surface area (Å²) in [5, 5.41) is 4.68. The molecule has 1 aromatic heterocycles. The first kappa shape index (κ1) is 22.6. The SMILES string of the molecule is COc1cc(NCCCCCCN2CCN(Cc3ccccc3)CC2)c2ncccc2c1. The molecule has 3 aromatic rings. The number of fused-ring (bicyclic) bond motifs is 1. The van der Waals surface area contributed by atoms with Crippen LogP contribution in [-0.4, -0.2) is 61.2 Å². The van der Waals surface area contributed by atoms with Gasteiger partial charge in [0.1, 0.15) is 5.75 Å². The Bertz CT molecular complexity index is 954. The maximum atomic E-state index is 5.44. The molecule has 5 nitrogen and oxygen atoms in total. The molecule has 0 aliphatic carbocycles. The Morgan fingerprint density at radius 3 is 2.47 bits per heavy atom. The minimum absolute atomic E-state index is 0.872. The Balaban J connectivity index is 1.09. The van der Waals surface area contributed by atoms with Crippen molar-refractivity contribution in [2.45, 2.75) is 32.2 Å². The van der Waals surface area contributed by atoms with E-state index in [1.165, 1.54) is 64.0 Å². The summed E-state index contributed by atoms with van der Waals surface area (Å²) in [6.45, 7) is 8.05. The number of rotatable bonds is 11. The summed E-state index contributed by atoms with van der Waals surface area (Å²) in [6.07, 6.45) is 6.87. The van der Waals surface area contributed by atoms with E-state index in [2.05, 4.69) is 56.5 Å². The number of piperazine rings is 1. The summed E-state index contributed by atoms with van der Waals surface area (Å²) in [5.41, 5.74) is 3.50. The second kappa shape index (κ2) is 11.8. The molecule has 1 saturated heterocycles. The molecule has 5 heteroatoms. The molecule has 2 aromatic carbocycles. The molecular formula is C27H36N4O. The van der Waals surface area contributed by atoms with Gasteiger partial charge in [-0.3, -0.25) is 9.88 Å². The van der Waals surface area contributed by atoms with Crippen LogP contribution in [0.25, 0.3) is 10.9 Å². The van der Waals surface area contributed by atoms with E-state index in [1.54, 1.807) is 7.11 Å². The minimum atomic E-state index is 0.872. The predicted octanol–water partition coefficient (Wildman–Crippen LogP) is 5.03. The smallest absolute Gasteiger partial charge is 0.121 e. The van der Waals surface area contributed by atoms with Gasteiger partial charge in [0.25, 0.3) is 0 Å². The molecule has 1 aliphatic heterocycles. The number of benzene rings is 2. The molecule has 0 saturated carbocycles. The third-order valence-electron chi connectivity index (χ3n) is 6.34. The molecule has 170 valence electrons. The molecule has 1 N–H and O–H groups in total. The van der Waals surface area contributed by atoms with E-state index in [0.717, 1.165) is 35.4 Å². The van der Waals surface area contributed by atoms with Crippen molar-refractivity contribution in [3.8, 4) is 5.75 Å². The number of unbranched alkanes of at least 4 members (excludes halogenated alkanes) is 3. The fourth-order valence-electron chi connectivity index (χ4n) is 4.47. The Morgan fingerprint density at radius 2 is 1.66 bits per heavy atom. The van der Waals surface area contributed by atoms with E-state index in [4.69, 9.17) is 4.74 Å². The van der Waals surface area contributed by atoms with Crippen LogP contribution < -0.4 is 10.1 Å². The van der Waals surface area contributed by atoms with Crippen LogP contribution in [0, 0.1) is 0 Å². The molecule has 0 radical (unpaired) electrons. The first-order valence-corrected chi connectivity index (χ1v) is 12.0. The number of hydrogen-bond donors (Lipinski definition) is 1. The summed E-state index contributed by atoms with van der Waals surface area (Å²) in [7, 11) is 1.71. The molecule has 1 fully saturated rings. The highest BCUT2D eigenvalue weighted by Crippen LogP contribution is 2.27. The predicted molar refractivity (Wildman–Crippen MR) is 133 cm³/mol. The Kier molecular flexibility index (Phi) is 8.35. The van der Waals surface area contributed by atoms with Crippen molar-refractivity contribution in [2.75, 3.05) is 51.7 Å². The summed E-state index contributed by atoms with van der Waals surface area (Å²) in [6, 6.07) is 19.0. The molecule has 0 atom stereocenters. The van der Waals surface area contributed by atoms with Gasteiger partial charge in [-0.25, -0.2) is 0 Å². The van der Waals surface area contributed by atoms with Crippen LogP contribution in [0.2, 0.25) is 0 Å². The second-order valence-electron chi connectivity index (χ2n) is 8.69. The lowest BCUT2D eigenvalue weighted by Crippen LogP contribution is -2.46. The average molecular weight is 433 g/mol. The van der Waals surface area contributed by atoms with Crippen molar-refractivity contribution >= 4 is 16.6 Å². The van der Waals surface area contributed by atoms with E-state index in [-0.39, 0.29) is 0 Å². The maximum Gasteiger partial charge on any atom is 0.121 e. The zero-order valence-corrected chi connectivity index (χ0v) is 19.3. The third-order valence-corrected chi connectivity index (χ3v) is 6.34. The monoisotopic (exact) mass is 432 g/mol. The van der Waals surface area contributed by atoms with Crippen molar-refractivity contribution in [3.63, 3.8) is 0 Å². The summed E-state index contributed by atoms with van der Waals surface area (Å²) >= 11 is 0. The molecular weight excluding hydrogens is 396 g/mol. The number of nitrogens with zero attached hydrogens (tertiary/aromatic N) is 3. The van der Waals surface area contributed by atoms with Gasteiger partial charge in [-0.2, -0.15) is 0 Å². The Morgan fingerprint density at radius 1 is 0.875 bits per heavy atom. The van der Waals surface area contributed by atoms with E-state index in [9.17, 15) is 0 Å². The highest BCUT2D eigenvalue weighted by molar-refractivity contribution is 5.91. The number of hydrogen-bond acceptors (Lipinski definition) is 5. The molecule has 4 rings (SSSR count). The Hall–Kier alpha value is -2.63. The number of nitrogens with one attached hydrogen (secondary N) is 1. The van der Waals surface area contributed by atoms with Gasteiger partial charge in [-0.05, 0) is 37.1 Å². The average Bonchev–Trinajstić information content (AvgIpc) is 2.85. The molecule has 0 spiro atoms. The third kappa shape index (κ3) is 6.44. The normalized spacial score (nSPS) is 15.2. The summed E-state index contributed by atoms with van der Waals surface area (Å²) in [5.74, 6) is 0.872. The van der Waals surface area contributed by atoms with Crippen molar-refractivity contribution in [1.29, 1.82) is 0 Å². The second-order valence-corrected chi connectivity index (χ2v) is 8.69. The first-order chi connectivity index (χ1) is 15.8. The molecule has 2 heterocycles. The zero-order chi connectivity index (χ0) is 22.0. The van der Waals surface area contributed by atoms with Gasteiger partial charge in [0.15, 0.2) is 0 Å². The fraction of sp³-hybridized carbons (Fsp3) is 0.444.